The maximum absolute atomic E-state index is 13.5. The predicted octanol–water partition coefficient (Wildman–Crippen LogP) is 4.01. The first kappa shape index (κ1) is 18.9. The number of carbonyl (C=O) groups excluding carboxylic acids is 1. The van der Waals surface area contributed by atoms with Gasteiger partial charge in [-0.1, -0.05) is 18.9 Å². The molecule has 1 amide bonds. The monoisotopic (exact) mass is 392 g/mol. The smallest absolute Gasteiger partial charge is 0.336 e. The molecular weight excluding hydrogens is 377 g/mol. The molecule has 140 valence electrons. The van der Waals surface area contributed by atoms with Crippen molar-refractivity contribution in [3.8, 4) is 22.9 Å². The molecule has 5 nitrogen and oxygen atoms in total. The molecule has 1 atom stereocenters. The summed E-state index contributed by atoms with van der Waals surface area (Å²) < 4.78 is 41.2. The lowest BCUT2D eigenvalue weighted by atomic mass is 10.00. The SMILES string of the molecule is C#C[C@](C)(CC)NC(=O)c1cnn2c(C(F)(F)F)cc(-c3cccs3)nc12. The van der Waals surface area contributed by atoms with Crippen molar-refractivity contribution in [2.75, 3.05) is 0 Å². The van der Waals surface area contributed by atoms with Crippen LogP contribution in [0.25, 0.3) is 16.2 Å². The fraction of sp³-hybridized carbons (Fsp3) is 0.278. The van der Waals surface area contributed by atoms with E-state index < -0.39 is 23.3 Å². The van der Waals surface area contributed by atoms with Crippen LogP contribution in [-0.4, -0.2) is 26.0 Å². The molecule has 0 aliphatic heterocycles. The Morgan fingerprint density at radius 2 is 2.19 bits per heavy atom. The van der Waals surface area contributed by atoms with Gasteiger partial charge in [0.05, 0.1) is 22.3 Å². The number of amides is 1. The lowest BCUT2D eigenvalue weighted by Gasteiger charge is -2.22. The summed E-state index contributed by atoms with van der Waals surface area (Å²) in [6, 6.07) is 4.29. The highest BCUT2D eigenvalue weighted by atomic mass is 32.1. The van der Waals surface area contributed by atoms with Crippen LogP contribution in [-0.2, 0) is 6.18 Å². The van der Waals surface area contributed by atoms with Gasteiger partial charge in [0.15, 0.2) is 11.3 Å². The zero-order chi connectivity index (χ0) is 19.8. The highest BCUT2D eigenvalue weighted by molar-refractivity contribution is 7.13. The van der Waals surface area contributed by atoms with Crippen molar-refractivity contribution in [1.29, 1.82) is 0 Å². The van der Waals surface area contributed by atoms with E-state index in [9.17, 15) is 18.0 Å². The summed E-state index contributed by atoms with van der Waals surface area (Å²) in [7, 11) is 0. The molecule has 0 radical (unpaired) electrons. The summed E-state index contributed by atoms with van der Waals surface area (Å²) in [5.41, 5.74) is -2.07. The number of nitrogens with zero attached hydrogens (tertiary/aromatic N) is 3. The van der Waals surface area contributed by atoms with Crippen LogP contribution in [0, 0.1) is 12.3 Å². The second-order valence-electron chi connectivity index (χ2n) is 6.08. The highest BCUT2D eigenvalue weighted by Gasteiger charge is 2.36. The van der Waals surface area contributed by atoms with Crippen LogP contribution >= 0.6 is 11.3 Å². The van der Waals surface area contributed by atoms with Gasteiger partial charge in [0, 0.05) is 0 Å². The first-order chi connectivity index (χ1) is 12.7. The molecule has 0 bridgehead atoms. The first-order valence-electron chi connectivity index (χ1n) is 7.98. The van der Waals surface area contributed by atoms with Crippen LogP contribution in [0.2, 0.25) is 0 Å². The predicted molar refractivity (Wildman–Crippen MR) is 96.3 cm³/mol. The van der Waals surface area contributed by atoms with Gasteiger partial charge >= 0.3 is 6.18 Å². The quantitative estimate of drug-likeness (QED) is 0.683. The Bertz CT molecular complexity index is 1030. The molecule has 0 aliphatic carbocycles. The van der Waals surface area contributed by atoms with E-state index in [1.807, 2.05) is 0 Å². The van der Waals surface area contributed by atoms with Crippen LogP contribution in [0.5, 0.6) is 0 Å². The molecular formula is C18H15F3N4OS. The number of hydrogen-bond acceptors (Lipinski definition) is 4. The molecule has 0 spiro atoms. The molecule has 0 aromatic carbocycles. The Morgan fingerprint density at radius 3 is 2.74 bits per heavy atom. The fourth-order valence-corrected chi connectivity index (χ4v) is 3.11. The Labute approximate surface area is 157 Å². The molecule has 27 heavy (non-hydrogen) atoms. The average Bonchev–Trinajstić information content (AvgIpc) is 3.29. The molecule has 9 heteroatoms. The number of hydrogen-bond donors (Lipinski definition) is 1. The van der Waals surface area contributed by atoms with E-state index in [1.165, 1.54) is 11.3 Å². The maximum atomic E-state index is 13.5. The van der Waals surface area contributed by atoms with Crippen molar-refractivity contribution in [2.45, 2.75) is 32.0 Å². The summed E-state index contributed by atoms with van der Waals surface area (Å²) in [4.78, 5) is 17.4. The average molecular weight is 392 g/mol. The van der Waals surface area contributed by atoms with Crippen molar-refractivity contribution < 1.29 is 18.0 Å². The van der Waals surface area contributed by atoms with Crippen LogP contribution in [0.3, 0.4) is 0 Å². The van der Waals surface area contributed by atoms with Gasteiger partial charge < -0.3 is 5.32 Å². The summed E-state index contributed by atoms with van der Waals surface area (Å²) >= 11 is 1.25. The normalized spacial score (nSPS) is 13.9. The Morgan fingerprint density at radius 1 is 1.44 bits per heavy atom. The second-order valence-corrected chi connectivity index (χ2v) is 7.03. The zero-order valence-corrected chi connectivity index (χ0v) is 15.3. The Balaban J connectivity index is 2.18. The number of halogens is 3. The third kappa shape index (κ3) is 3.53. The van der Waals surface area contributed by atoms with Crippen LogP contribution in [0.15, 0.2) is 29.8 Å². The van der Waals surface area contributed by atoms with E-state index in [2.05, 4.69) is 21.3 Å². The van der Waals surface area contributed by atoms with Crippen molar-refractivity contribution in [3.05, 3.63) is 41.0 Å². The number of thiophene rings is 1. The largest absolute Gasteiger partial charge is 0.433 e. The van der Waals surface area contributed by atoms with Gasteiger partial charge in [0.1, 0.15) is 5.56 Å². The van der Waals surface area contributed by atoms with E-state index in [4.69, 9.17) is 6.42 Å². The van der Waals surface area contributed by atoms with Gasteiger partial charge in [0.2, 0.25) is 0 Å². The van der Waals surface area contributed by atoms with Crippen LogP contribution in [0.4, 0.5) is 13.2 Å². The van der Waals surface area contributed by atoms with Gasteiger partial charge in [-0.15, -0.1) is 17.8 Å². The lowest BCUT2D eigenvalue weighted by molar-refractivity contribution is -0.142. The van der Waals surface area contributed by atoms with Gasteiger partial charge in [-0.2, -0.15) is 18.3 Å². The van der Waals surface area contributed by atoms with Crippen LogP contribution in [0.1, 0.15) is 36.3 Å². The van der Waals surface area contributed by atoms with Gasteiger partial charge in [-0.3, -0.25) is 4.79 Å². The minimum Gasteiger partial charge on any atom is -0.336 e. The van der Waals surface area contributed by atoms with Crippen LogP contribution < -0.4 is 5.32 Å². The molecule has 0 saturated carbocycles. The summed E-state index contributed by atoms with van der Waals surface area (Å²) in [5, 5.41) is 8.12. The summed E-state index contributed by atoms with van der Waals surface area (Å²) in [6.45, 7) is 3.45. The maximum Gasteiger partial charge on any atom is 0.433 e. The topological polar surface area (TPSA) is 59.3 Å². The highest BCUT2D eigenvalue weighted by Crippen LogP contribution is 2.33. The second kappa shape index (κ2) is 6.70. The van der Waals surface area contributed by atoms with E-state index >= 15 is 0 Å². The number of nitrogens with one attached hydrogen (secondary N) is 1. The zero-order valence-electron chi connectivity index (χ0n) is 14.5. The molecule has 0 unspecified atom stereocenters. The lowest BCUT2D eigenvalue weighted by Crippen LogP contribution is -2.44. The van der Waals surface area contributed by atoms with Gasteiger partial charge in [0.25, 0.3) is 5.91 Å². The minimum atomic E-state index is -4.66. The van der Waals surface area contributed by atoms with Gasteiger partial charge in [-0.25, -0.2) is 9.50 Å². The van der Waals surface area contributed by atoms with Crippen molar-refractivity contribution in [1.82, 2.24) is 19.9 Å². The number of aromatic nitrogens is 3. The number of terminal acetylenes is 1. The van der Waals surface area contributed by atoms with Crippen molar-refractivity contribution >= 4 is 22.9 Å². The molecule has 3 rings (SSSR count). The molecule has 3 aromatic heterocycles. The first-order valence-corrected chi connectivity index (χ1v) is 8.86. The number of rotatable bonds is 4. The minimum absolute atomic E-state index is 0.0752. The number of fused-ring (bicyclic) bond motifs is 1. The molecule has 3 heterocycles. The fourth-order valence-electron chi connectivity index (χ4n) is 2.42. The Kier molecular flexibility index (Phi) is 4.70. The molecule has 0 fully saturated rings. The molecule has 1 N–H and O–H groups in total. The van der Waals surface area contributed by atoms with E-state index in [-0.39, 0.29) is 16.9 Å². The van der Waals surface area contributed by atoms with E-state index in [0.717, 1.165) is 12.3 Å². The van der Waals surface area contributed by atoms with Crippen molar-refractivity contribution in [3.63, 3.8) is 0 Å². The Hall–Kier alpha value is -2.86. The number of alkyl halides is 3. The van der Waals surface area contributed by atoms with E-state index in [0.29, 0.717) is 15.8 Å². The molecule has 0 saturated heterocycles. The summed E-state index contributed by atoms with van der Waals surface area (Å²) in [5.74, 6) is 1.85. The van der Waals surface area contributed by atoms with Crippen molar-refractivity contribution in [2.24, 2.45) is 0 Å². The molecule has 3 aromatic rings. The van der Waals surface area contributed by atoms with E-state index in [1.54, 1.807) is 31.4 Å². The summed E-state index contributed by atoms with van der Waals surface area (Å²) in [6.07, 6.45) is 2.31. The third-order valence-electron chi connectivity index (χ3n) is 4.20. The third-order valence-corrected chi connectivity index (χ3v) is 5.09. The standard InChI is InChI=1S/C18H15F3N4OS/c1-4-17(3,5-2)24-16(26)11-10-22-25-14(18(19,20)21)9-12(23-15(11)25)13-7-6-8-27-13/h1,6-10H,5H2,2-3H3,(H,24,26)/t17-/m1/s1. The van der Waals surface area contributed by atoms with Gasteiger partial charge in [-0.05, 0) is 30.9 Å². The molecule has 0 aliphatic rings. The number of carbonyl (C=O) groups is 1.